The van der Waals surface area contributed by atoms with E-state index in [4.69, 9.17) is 4.74 Å². The molecule has 0 aliphatic heterocycles. The second kappa shape index (κ2) is 5.96. The predicted octanol–water partition coefficient (Wildman–Crippen LogP) is 2.82. The summed E-state index contributed by atoms with van der Waals surface area (Å²) in [4.78, 5) is 11.6. The van der Waals surface area contributed by atoms with E-state index in [-0.39, 0.29) is 30.0 Å². The number of hydrogen-bond acceptors (Lipinski definition) is 2. The summed E-state index contributed by atoms with van der Waals surface area (Å²) < 4.78 is 18.8. The summed E-state index contributed by atoms with van der Waals surface area (Å²) in [5.41, 5.74) is 0.111. The summed E-state index contributed by atoms with van der Waals surface area (Å²) >= 11 is 0. The van der Waals surface area contributed by atoms with Gasteiger partial charge in [0, 0.05) is 5.56 Å². The summed E-state index contributed by atoms with van der Waals surface area (Å²) in [6.45, 7) is 7.34. The van der Waals surface area contributed by atoms with E-state index in [0.717, 1.165) is 0 Å². The van der Waals surface area contributed by atoms with Crippen molar-refractivity contribution in [3.8, 4) is 0 Å². The number of carbonyl (C=O) groups is 1. The highest BCUT2D eigenvalue weighted by atomic mass is 19.1. The molecule has 0 radical (unpaired) electrons. The van der Waals surface area contributed by atoms with Crippen molar-refractivity contribution in [1.29, 1.82) is 0 Å². The van der Waals surface area contributed by atoms with Gasteiger partial charge in [-0.3, -0.25) is 4.79 Å². The smallest absolute Gasteiger partial charge is 0.246 e. The van der Waals surface area contributed by atoms with E-state index in [0.29, 0.717) is 5.56 Å². The number of nitrogens with one attached hydrogen (secondary N) is 1. The van der Waals surface area contributed by atoms with Gasteiger partial charge in [-0.2, -0.15) is 0 Å². The maximum Gasteiger partial charge on any atom is 0.246 e. The molecule has 0 aliphatic rings. The number of carbonyl (C=O) groups excluding carboxylic acids is 1. The number of rotatable bonds is 4. The van der Waals surface area contributed by atoms with Crippen molar-refractivity contribution in [3.63, 3.8) is 0 Å². The predicted molar refractivity (Wildman–Crippen MR) is 68.7 cm³/mol. The molecule has 1 aromatic rings. The third kappa shape index (κ3) is 4.84. The first-order valence-electron chi connectivity index (χ1n) is 5.97. The molecule has 1 N–H and O–H groups in total. The highest BCUT2D eigenvalue weighted by Crippen LogP contribution is 2.16. The van der Waals surface area contributed by atoms with Crippen LogP contribution in [-0.2, 0) is 9.53 Å². The SMILES string of the molecule is C[C@@H](NC(=O)COC(C)(C)C)c1ccccc1F. The Balaban J connectivity index is 2.53. The van der Waals surface area contributed by atoms with Crippen LogP contribution in [0.2, 0.25) is 0 Å². The Kier molecular flexibility index (Phi) is 4.84. The first kappa shape index (κ1) is 14.6. The van der Waals surface area contributed by atoms with Crippen molar-refractivity contribution in [2.45, 2.75) is 39.3 Å². The molecule has 0 unspecified atom stereocenters. The van der Waals surface area contributed by atoms with Crippen molar-refractivity contribution in [3.05, 3.63) is 35.6 Å². The second-order valence-corrected chi connectivity index (χ2v) is 5.21. The van der Waals surface area contributed by atoms with Crippen LogP contribution < -0.4 is 5.32 Å². The quantitative estimate of drug-likeness (QED) is 0.896. The fourth-order valence-corrected chi connectivity index (χ4v) is 1.47. The zero-order valence-corrected chi connectivity index (χ0v) is 11.3. The van der Waals surface area contributed by atoms with Gasteiger partial charge in [-0.05, 0) is 33.8 Å². The van der Waals surface area contributed by atoms with Gasteiger partial charge < -0.3 is 10.1 Å². The lowest BCUT2D eigenvalue weighted by Crippen LogP contribution is -2.33. The van der Waals surface area contributed by atoms with E-state index in [2.05, 4.69) is 5.32 Å². The normalized spacial score (nSPS) is 13.2. The minimum Gasteiger partial charge on any atom is -0.366 e. The van der Waals surface area contributed by atoms with Crippen molar-refractivity contribution in [1.82, 2.24) is 5.32 Å². The molecule has 0 saturated heterocycles. The van der Waals surface area contributed by atoms with Gasteiger partial charge in [0.25, 0.3) is 0 Å². The van der Waals surface area contributed by atoms with Crippen LogP contribution in [0, 0.1) is 5.82 Å². The number of hydrogen-bond donors (Lipinski definition) is 1. The lowest BCUT2D eigenvalue weighted by molar-refractivity contribution is -0.131. The Hall–Kier alpha value is -1.42. The molecule has 0 bridgehead atoms. The minimum atomic E-state index is -0.373. The summed E-state index contributed by atoms with van der Waals surface area (Å²) in [7, 11) is 0. The molecular weight excluding hydrogens is 233 g/mol. The monoisotopic (exact) mass is 253 g/mol. The number of benzene rings is 1. The first-order chi connectivity index (χ1) is 8.29. The average molecular weight is 253 g/mol. The molecule has 4 heteroatoms. The zero-order chi connectivity index (χ0) is 13.8. The Morgan fingerprint density at radius 2 is 2.00 bits per heavy atom. The van der Waals surface area contributed by atoms with E-state index in [9.17, 15) is 9.18 Å². The van der Waals surface area contributed by atoms with Crippen molar-refractivity contribution in [2.24, 2.45) is 0 Å². The summed E-state index contributed by atoms with van der Waals surface area (Å²) in [6.07, 6.45) is 0. The van der Waals surface area contributed by atoms with Gasteiger partial charge in [0.05, 0.1) is 11.6 Å². The second-order valence-electron chi connectivity index (χ2n) is 5.21. The van der Waals surface area contributed by atoms with Crippen molar-refractivity contribution in [2.75, 3.05) is 6.61 Å². The van der Waals surface area contributed by atoms with Gasteiger partial charge in [0.15, 0.2) is 0 Å². The van der Waals surface area contributed by atoms with Crippen LogP contribution in [-0.4, -0.2) is 18.1 Å². The maximum atomic E-state index is 13.5. The van der Waals surface area contributed by atoms with Gasteiger partial charge in [-0.1, -0.05) is 18.2 Å². The molecule has 1 amide bonds. The Bertz CT molecular complexity index is 413. The van der Waals surface area contributed by atoms with Crippen LogP contribution in [0.4, 0.5) is 4.39 Å². The van der Waals surface area contributed by atoms with Crippen molar-refractivity contribution >= 4 is 5.91 Å². The molecule has 0 fully saturated rings. The highest BCUT2D eigenvalue weighted by Gasteiger charge is 2.16. The molecule has 1 rings (SSSR count). The number of halogens is 1. The average Bonchev–Trinajstić information content (AvgIpc) is 2.26. The highest BCUT2D eigenvalue weighted by molar-refractivity contribution is 5.77. The first-order valence-corrected chi connectivity index (χ1v) is 5.97. The van der Waals surface area contributed by atoms with Crippen LogP contribution in [0.15, 0.2) is 24.3 Å². The molecule has 0 aromatic heterocycles. The van der Waals surface area contributed by atoms with Crippen LogP contribution in [0.3, 0.4) is 0 Å². The van der Waals surface area contributed by atoms with E-state index >= 15 is 0 Å². The third-order valence-electron chi connectivity index (χ3n) is 2.39. The summed E-state index contributed by atoms with van der Waals surface area (Å²) in [6, 6.07) is 6.03. The van der Waals surface area contributed by atoms with E-state index in [1.165, 1.54) is 6.07 Å². The van der Waals surface area contributed by atoms with Gasteiger partial charge in [0.2, 0.25) is 5.91 Å². The summed E-state index contributed by atoms with van der Waals surface area (Å²) in [5.74, 6) is -0.567. The summed E-state index contributed by atoms with van der Waals surface area (Å²) in [5, 5.41) is 2.71. The van der Waals surface area contributed by atoms with Crippen LogP contribution in [0.5, 0.6) is 0 Å². The van der Waals surface area contributed by atoms with Gasteiger partial charge in [0.1, 0.15) is 12.4 Å². The molecule has 1 aromatic carbocycles. The molecule has 0 spiro atoms. The molecule has 3 nitrogen and oxygen atoms in total. The fourth-order valence-electron chi connectivity index (χ4n) is 1.47. The number of ether oxygens (including phenoxy) is 1. The molecule has 0 aliphatic carbocycles. The van der Waals surface area contributed by atoms with Crippen LogP contribution in [0.25, 0.3) is 0 Å². The minimum absolute atomic E-state index is 0.0255. The third-order valence-corrected chi connectivity index (χ3v) is 2.39. The van der Waals surface area contributed by atoms with Crippen molar-refractivity contribution < 1.29 is 13.9 Å². The Morgan fingerprint density at radius 1 is 1.39 bits per heavy atom. The molecule has 1 atom stereocenters. The maximum absolute atomic E-state index is 13.5. The molecule has 18 heavy (non-hydrogen) atoms. The molecular formula is C14H20FNO2. The van der Waals surface area contributed by atoms with Gasteiger partial charge in [-0.25, -0.2) is 4.39 Å². The number of amides is 1. The Morgan fingerprint density at radius 3 is 2.56 bits per heavy atom. The van der Waals surface area contributed by atoms with E-state index in [1.807, 2.05) is 20.8 Å². The molecule has 0 heterocycles. The lowest BCUT2D eigenvalue weighted by atomic mass is 10.1. The topological polar surface area (TPSA) is 38.3 Å². The largest absolute Gasteiger partial charge is 0.366 e. The molecule has 100 valence electrons. The molecule has 0 saturated carbocycles. The van der Waals surface area contributed by atoms with Crippen LogP contribution in [0.1, 0.15) is 39.3 Å². The lowest BCUT2D eigenvalue weighted by Gasteiger charge is -2.20. The standard InChI is InChI=1S/C14H20FNO2/c1-10(11-7-5-6-8-12(11)15)16-13(17)9-18-14(2,3)4/h5-8,10H,9H2,1-4H3,(H,16,17)/t10-/m1/s1. The van der Waals surface area contributed by atoms with E-state index < -0.39 is 0 Å². The zero-order valence-electron chi connectivity index (χ0n) is 11.3. The van der Waals surface area contributed by atoms with Crippen LogP contribution >= 0.6 is 0 Å². The fraction of sp³-hybridized carbons (Fsp3) is 0.500. The van der Waals surface area contributed by atoms with E-state index in [1.54, 1.807) is 25.1 Å². The Labute approximate surface area is 107 Å². The van der Waals surface area contributed by atoms with Gasteiger partial charge >= 0.3 is 0 Å². The van der Waals surface area contributed by atoms with Gasteiger partial charge in [-0.15, -0.1) is 0 Å².